The van der Waals surface area contributed by atoms with E-state index in [1.807, 2.05) is 29.2 Å². The highest BCUT2D eigenvalue weighted by Crippen LogP contribution is 2.34. The lowest BCUT2D eigenvalue weighted by molar-refractivity contribution is -0.136. The molecular weight excluding hydrogens is 284 g/mol. The molecule has 1 N–H and O–H groups in total. The molecule has 0 aromatic heterocycles. The number of carbonyl (C=O) groups is 2. The third-order valence-corrected chi connectivity index (χ3v) is 4.22. The van der Waals surface area contributed by atoms with E-state index in [0.717, 1.165) is 31.6 Å². The molecule has 0 radical (unpaired) electrons. The van der Waals surface area contributed by atoms with Gasteiger partial charge in [-0.3, -0.25) is 9.59 Å². The van der Waals surface area contributed by atoms with E-state index in [2.05, 4.69) is 0 Å². The summed E-state index contributed by atoms with van der Waals surface area (Å²) < 4.78 is 5.71. The molecule has 1 unspecified atom stereocenters. The SMILES string of the molecule is O=C(O)CN1c2ccccc2OCC1CC(=O)N1CCCC1. The van der Waals surface area contributed by atoms with Gasteiger partial charge in [0.1, 0.15) is 18.9 Å². The molecule has 0 bridgehead atoms. The average molecular weight is 304 g/mol. The minimum absolute atomic E-state index is 0.0841. The van der Waals surface area contributed by atoms with Crippen LogP contribution in [-0.4, -0.2) is 54.2 Å². The summed E-state index contributed by atoms with van der Waals surface area (Å²) >= 11 is 0. The number of benzene rings is 1. The molecule has 0 saturated carbocycles. The highest BCUT2D eigenvalue weighted by molar-refractivity contribution is 5.80. The van der Waals surface area contributed by atoms with Crippen molar-refractivity contribution < 1.29 is 19.4 Å². The summed E-state index contributed by atoms with van der Waals surface area (Å²) in [6.07, 6.45) is 2.39. The van der Waals surface area contributed by atoms with Crippen LogP contribution in [0.4, 0.5) is 5.69 Å². The van der Waals surface area contributed by atoms with Gasteiger partial charge in [-0.25, -0.2) is 0 Å². The molecule has 1 aromatic rings. The monoisotopic (exact) mass is 304 g/mol. The first-order valence-corrected chi connectivity index (χ1v) is 7.63. The van der Waals surface area contributed by atoms with Gasteiger partial charge in [-0.2, -0.15) is 0 Å². The number of carboxylic acids is 1. The van der Waals surface area contributed by atoms with Crippen molar-refractivity contribution in [2.45, 2.75) is 25.3 Å². The summed E-state index contributed by atoms with van der Waals surface area (Å²) in [7, 11) is 0. The van der Waals surface area contributed by atoms with Gasteiger partial charge >= 0.3 is 5.97 Å². The largest absolute Gasteiger partial charge is 0.489 e. The molecule has 2 aliphatic heterocycles. The second kappa shape index (κ2) is 6.25. The fourth-order valence-electron chi connectivity index (χ4n) is 3.12. The minimum Gasteiger partial charge on any atom is -0.489 e. The molecule has 1 aromatic carbocycles. The normalized spacial score (nSPS) is 20.5. The van der Waals surface area contributed by atoms with Gasteiger partial charge in [-0.1, -0.05) is 12.1 Å². The van der Waals surface area contributed by atoms with Crippen molar-refractivity contribution in [1.82, 2.24) is 4.90 Å². The van der Waals surface area contributed by atoms with E-state index >= 15 is 0 Å². The standard InChI is InChI=1S/C16H20N2O4/c19-15(17-7-3-4-8-17)9-12-11-22-14-6-2-1-5-13(14)18(12)10-16(20)21/h1-2,5-6,12H,3-4,7-11H2,(H,20,21). The van der Waals surface area contributed by atoms with E-state index in [9.17, 15) is 14.7 Å². The number of ether oxygens (including phenoxy) is 1. The summed E-state index contributed by atoms with van der Waals surface area (Å²) in [5, 5.41) is 9.18. The first kappa shape index (κ1) is 14.7. The predicted molar refractivity (Wildman–Crippen MR) is 81.1 cm³/mol. The molecule has 1 atom stereocenters. The highest BCUT2D eigenvalue weighted by atomic mass is 16.5. The third kappa shape index (κ3) is 3.00. The quantitative estimate of drug-likeness (QED) is 0.909. The third-order valence-electron chi connectivity index (χ3n) is 4.22. The van der Waals surface area contributed by atoms with Crippen LogP contribution >= 0.6 is 0 Å². The van der Waals surface area contributed by atoms with E-state index in [4.69, 9.17) is 4.74 Å². The Morgan fingerprint density at radius 1 is 1.23 bits per heavy atom. The van der Waals surface area contributed by atoms with Crippen LogP contribution in [0.2, 0.25) is 0 Å². The van der Waals surface area contributed by atoms with Crippen molar-refractivity contribution in [3.8, 4) is 5.75 Å². The fraction of sp³-hybridized carbons (Fsp3) is 0.500. The number of carboxylic acid groups (broad SMARTS) is 1. The van der Waals surface area contributed by atoms with Gasteiger partial charge in [-0.05, 0) is 25.0 Å². The lowest BCUT2D eigenvalue weighted by Gasteiger charge is -2.37. The van der Waals surface area contributed by atoms with Gasteiger partial charge < -0.3 is 19.6 Å². The highest BCUT2D eigenvalue weighted by Gasteiger charge is 2.32. The number of hydrogen-bond donors (Lipinski definition) is 1. The molecule has 1 amide bonds. The summed E-state index contributed by atoms with van der Waals surface area (Å²) in [6.45, 7) is 1.83. The van der Waals surface area contributed by atoms with E-state index < -0.39 is 5.97 Å². The number of hydrogen-bond acceptors (Lipinski definition) is 4. The van der Waals surface area contributed by atoms with Crippen molar-refractivity contribution in [3.63, 3.8) is 0 Å². The van der Waals surface area contributed by atoms with Crippen LogP contribution < -0.4 is 9.64 Å². The molecule has 2 aliphatic rings. The van der Waals surface area contributed by atoms with E-state index in [1.54, 1.807) is 4.90 Å². The summed E-state index contributed by atoms with van der Waals surface area (Å²) in [4.78, 5) is 27.2. The molecular formula is C16H20N2O4. The van der Waals surface area contributed by atoms with Crippen molar-refractivity contribution in [2.75, 3.05) is 31.1 Å². The van der Waals surface area contributed by atoms with E-state index in [0.29, 0.717) is 18.8 Å². The number of nitrogens with zero attached hydrogens (tertiary/aromatic N) is 2. The number of likely N-dealkylation sites (tertiary alicyclic amines) is 1. The van der Waals surface area contributed by atoms with Crippen LogP contribution in [0.5, 0.6) is 5.75 Å². The zero-order chi connectivity index (χ0) is 15.5. The number of rotatable bonds is 4. The number of fused-ring (bicyclic) bond motifs is 1. The summed E-state index contributed by atoms with van der Waals surface area (Å²) in [5.41, 5.74) is 0.746. The smallest absolute Gasteiger partial charge is 0.323 e. The van der Waals surface area contributed by atoms with Gasteiger partial charge in [0.05, 0.1) is 18.2 Å². The fourth-order valence-corrected chi connectivity index (χ4v) is 3.12. The zero-order valence-corrected chi connectivity index (χ0v) is 12.4. The second-order valence-electron chi connectivity index (χ2n) is 5.75. The Labute approximate surface area is 129 Å². The van der Waals surface area contributed by atoms with Gasteiger partial charge in [-0.15, -0.1) is 0 Å². The number of amides is 1. The first-order valence-electron chi connectivity index (χ1n) is 7.63. The maximum atomic E-state index is 12.4. The van der Waals surface area contributed by atoms with Gasteiger partial charge in [0.2, 0.25) is 5.91 Å². The Balaban J connectivity index is 1.77. The zero-order valence-electron chi connectivity index (χ0n) is 12.4. The number of aliphatic carboxylic acids is 1. The van der Waals surface area contributed by atoms with Crippen LogP contribution in [0.25, 0.3) is 0 Å². The maximum absolute atomic E-state index is 12.4. The molecule has 6 nitrogen and oxygen atoms in total. The second-order valence-corrected chi connectivity index (χ2v) is 5.75. The molecule has 3 rings (SSSR count). The Kier molecular flexibility index (Phi) is 4.18. The van der Waals surface area contributed by atoms with Crippen LogP contribution in [0, 0.1) is 0 Å². The first-order chi connectivity index (χ1) is 10.6. The number of anilines is 1. The topological polar surface area (TPSA) is 70.1 Å². The lowest BCUT2D eigenvalue weighted by Crippen LogP contribution is -2.48. The molecule has 22 heavy (non-hydrogen) atoms. The number of para-hydroxylation sites is 2. The van der Waals surface area contributed by atoms with Crippen LogP contribution in [0.3, 0.4) is 0 Å². The summed E-state index contributed by atoms with van der Waals surface area (Å²) in [5.74, 6) is -0.148. The molecule has 118 valence electrons. The number of carbonyl (C=O) groups excluding carboxylic acids is 1. The molecule has 0 spiro atoms. The van der Waals surface area contributed by atoms with Gasteiger partial charge in [0, 0.05) is 13.1 Å². The Bertz CT molecular complexity index is 569. The van der Waals surface area contributed by atoms with Crippen molar-refractivity contribution in [2.24, 2.45) is 0 Å². The van der Waals surface area contributed by atoms with E-state index in [1.165, 1.54) is 0 Å². The average Bonchev–Trinajstić information content (AvgIpc) is 3.03. The van der Waals surface area contributed by atoms with E-state index in [-0.39, 0.29) is 18.5 Å². The summed E-state index contributed by atoms with van der Waals surface area (Å²) in [6, 6.07) is 7.13. The van der Waals surface area contributed by atoms with Gasteiger partial charge in [0.25, 0.3) is 0 Å². The lowest BCUT2D eigenvalue weighted by atomic mass is 10.1. The molecule has 1 saturated heterocycles. The molecule has 6 heteroatoms. The minimum atomic E-state index is -0.907. The Morgan fingerprint density at radius 2 is 1.95 bits per heavy atom. The van der Waals surface area contributed by atoms with Crippen molar-refractivity contribution in [1.29, 1.82) is 0 Å². The van der Waals surface area contributed by atoms with Crippen molar-refractivity contribution in [3.05, 3.63) is 24.3 Å². The molecule has 1 fully saturated rings. The molecule has 2 heterocycles. The van der Waals surface area contributed by atoms with Crippen LogP contribution in [0.1, 0.15) is 19.3 Å². The molecule has 0 aliphatic carbocycles. The van der Waals surface area contributed by atoms with Gasteiger partial charge in [0.15, 0.2) is 0 Å². The van der Waals surface area contributed by atoms with Crippen LogP contribution in [0.15, 0.2) is 24.3 Å². The predicted octanol–water partition coefficient (Wildman–Crippen LogP) is 1.35. The Hall–Kier alpha value is -2.24. The Morgan fingerprint density at radius 3 is 2.68 bits per heavy atom. The van der Waals surface area contributed by atoms with Crippen LogP contribution in [-0.2, 0) is 9.59 Å². The maximum Gasteiger partial charge on any atom is 0.323 e. The van der Waals surface area contributed by atoms with Crippen molar-refractivity contribution >= 4 is 17.6 Å².